The summed E-state index contributed by atoms with van der Waals surface area (Å²) in [5, 5.41) is 5.02. The predicted octanol–water partition coefficient (Wildman–Crippen LogP) is 3.07. The molecule has 2 fully saturated rings. The lowest BCUT2D eigenvalue weighted by Crippen LogP contribution is -2.15. The number of fused-ring (bicyclic) bond motifs is 1. The van der Waals surface area contributed by atoms with Gasteiger partial charge in [0.2, 0.25) is 0 Å². The fourth-order valence-corrected chi connectivity index (χ4v) is 3.16. The van der Waals surface area contributed by atoms with E-state index in [4.69, 9.17) is 4.74 Å². The zero-order chi connectivity index (χ0) is 13.4. The molecule has 20 heavy (non-hydrogen) atoms. The Labute approximate surface area is 119 Å². The smallest absolute Gasteiger partial charge is 0.0754 e. The van der Waals surface area contributed by atoms with Crippen LogP contribution in [0.25, 0.3) is 10.9 Å². The first kappa shape index (κ1) is 12.4. The van der Waals surface area contributed by atoms with Crippen LogP contribution >= 0.6 is 0 Å². The SMILES string of the molecule is c1ccc2c(c1)c(CNC1CC1)cn2CC1CCCO1. The number of aromatic nitrogens is 1. The lowest BCUT2D eigenvalue weighted by atomic mass is 10.2. The van der Waals surface area contributed by atoms with Crippen molar-refractivity contribution in [2.75, 3.05) is 6.61 Å². The first-order chi connectivity index (χ1) is 9.90. The van der Waals surface area contributed by atoms with E-state index in [2.05, 4.69) is 40.3 Å². The highest BCUT2D eigenvalue weighted by atomic mass is 16.5. The summed E-state index contributed by atoms with van der Waals surface area (Å²) in [6.45, 7) is 2.91. The monoisotopic (exact) mass is 270 g/mol. The molecule has 0 amide bonds. The van der Waals surface area contributed by atoms with Crippen molar-refractivity contribution in [1.82, 2.24) is 9.88 Å². The van der Waals surface area contributed by atoms with Crippen LogP contribution in [0.1, 0.15) is 31.2 Å². The van der Waals surface area contributed by atoms with Gasteiger partial charge >= 0.3 is 0 Å². The molecule has 3 nitrogen and oxygen atoms in total. The Morgan fingerprint density at radius 2 is 2.10 bits per heavy atom. The third kappa shape index (κ3) is 2.48. The normalized spacial score (nSPS) is 22.7. The highest BCUT2D eigenvalue weighted by molar-refractivity contribution is 5.83. The molecule has 1 N–H and O–H groups in total. The molecule has 0 radical (unpaired) electrons. The lowest BCUT2D eigenvalue weighted by molar-refractivity contribution is 0.0980. The summed E-state index contributed by atoms with van der Waals surface area (Å²) in [7, 11) is 0. The molecule has 1 aliphatic heterocycles. The molecule has 106 valence electrons. The van der Waals surface area contributed by atoms with Gasteiger partial charge in [0, 0.05) is 42.8 Å². The Hall–Kier alpha value is -1.32. The van der Waals surface area contributed by atoms with Crippen LogP contribution < -0.4 is 5.32 Å². The number of rotatable bonds is 5. The van der Waals surface area contributed by atoms with Crippen LogP contribution in [0.5, 0.6) is 0 Å². The summed E-state index contributed by atoms with van der Waals surface area (Å²) >= 11 is 0. The highest BCUT2D eigenvalue weighted by Crippen LogP contribution is 2.25. The maximum absolute atomic E-state index is 5.79. The Bertz CT molecular complexity index is 594. The molecular weight excluding hydrogens is 248 g/mol. The predicted molar refractivity (Wildman–Crippen MR) is 80.8 cm³/mol. The summed E-state index contributed by atoms with van der Waals surface area (Å²) in [6.07, 6.45) is 7.81. The zero-order valence-corrected chi connectivity index (χ0v) is 11.8. The Morgan fingerprint density at radius 3 is 2.90 bits per heavy atom. The summed E-state index contributed by atoms with van der Waals surface area (Å²) in [5.41, 5.74) is 2.76. The van der Waals surface area contributed by atoms with Gasteiger partial charge in [-0.1, -0.05) is 18.2 Å². The Balaban J connectivity index is 1.60. The van der Waals surface area contributed by atoms with Crippen LogP contribution in [0.3, 0.4) is 0 Å². The third-order valence-electron chi connectivity index (χ3n) is 4.45. The van der Waals surface area contributed by atoms with E-state index >= 15 is 0 Å². The second-order valence-corrected chi connectivity index (χ2v) is 6.11. The largest absolute Gasteiger partial charge is 0.376 e. The van der Waals surface area contributed by atoms with Gasteiger partial charge in [0.15, 0.2) is 0 Å². The molecule has 3 heteroatoms. The number of ether oxygens (including phenoxy) is 1. The average Bonchev–Trinajstić information content (AvgIpc) is 3.05. The molecule has 2 aromatic rings. The van der Waals surface area contributed by atoms with Crippen molar-refractivity contribution >= 4 is 10.9 Å². The minimum Gasteiger partial charge on any atom is -0.376 e. The van der Waals surface area contributed by atoms with Gasteiger partial charge < -0.3 is 14.6 Å². The molecule has 1 aliphatic carbocycles. The number of para-hydroxylation sites is 1. The molecule has 1 unspecified atom stereocenters. The number of hydrogen-bond acceptors (Lipinski definition) is 2. The highest BCUT2D eigenvalue weighted by Gasteiger charge is 2.21. The molecular formula is C17H22N2O. The van der Waals surface area contributed by atoms with E-state index in [9.17, 15) is 0 Å². The second-order valence-electron chi connectivity index (χ2n) is 6.11. The van der Waals surface area contributed by atoms with E-state index < -0.39 is 0 Å². The third-order valence-corrected chi connectivity index (χ3v) is 4.45. The van der Waals surface area contributed by atoms with Gasteiger partial charge in [-0.2, -0.15) is 0 Å². The van der Waals surface area contributed by atoms with Crippen molar-refractivity contribution in [2.45, 2.75) is 50.9 Å². The average molecular weight is 270 g/mol. The van der Waals surface area contributed by atoms with E-state index in [0.717, 1.165) is 25.7 Å². The van der Waals surface area contributed by atoms with E-state index in [1.54, 1.807) is 0 Å². The lowest BCUT2D eigenvalue weighted by Gasteiger charge is -2.11. The maximum atomic E-state index is 5.79. The van der Waals surface area contributed by atoms with E-state index in [0.29, 0.717) is 6.10 Å². The minimum atomic E-state index is 0.398. The summed E-state index contributed by atoms with van der Waals surface area (Å²) in [5.74, 6) is 0. The second kappa shape index (κ2) is 5.23. The number of nitrogens with zero attached hydrogens (tertiary/aromatic N) is 1. The van der Waals surface area contributed by atoms with Crippen LogP contribution in [-0.2, 0) is 17.8 Å². The Kier molecular flexibility index (Phi) is 3.25. The van der Waals surface area contributed by atoms with Gasteiger partial charge in [-0.3, -0.25) is 0 Å². The van der Waals surface area contributed by atoms with E-state index in [-0.39, 0.29) is 0 Å². The molecule has 0 bridgehead atoms. The van der Waals surface area contributed by atoms with Crippen LogP contribution in [0.4, 0.5) is 0 Å². The van der Waals surface area contributed by atoms with Crippen LogP contribution in [0.2, 0.25) is 0 Å². The molecule has 1 aromatic heterocycles. The Morgan fingerprint density at radius 1 is 1.20 bits per heavy atom. The van der Waals surface area contributed by atoms with E-state index in [1.807, 2.05) is 0 Å². The maximum Gasteiger partial charge on any atom is 0.0754 e. The molecule has 2 heterocycles. The number of hydrogen-bond donors (Lipinski definition) is 1. The van der Waals surface area contributed by atoms with Gasteiger partial charge in [0.1, 0.15) is 0 Å². The first-order valence-corrected chi connectivity index (χ1v) is 7.82. The van der Waals surface area contributed by atoms with Crippen LogP contribution in [-0.4, -0.2) is 23.3 Å². The molecule has 1 saturated heterocycles. The van der Waals surface area contributed by atoms with Crippen molar-refractivity contribution in [2.24, 2.45) is 0 Å². The molecule has 4 rings (SSSR count). The van der Waals surface area contributed by atoms with Crippen molar-refractivity contribution in [3.8, 4) is 0 Å². The molecule has 1 atom stereocenters. The van der Waals surface area contributed by atoms with Crippen LogP contribution in [0, 0.1) is 0 Å². The van der Waals surface area contributed by atoms with Crippen molar-refractivity contribution < 1.29 is 4.74 Å². The van der Waals surface area contributed by atoms with Gasteiger partial charge in [-0.05, 0) is 37.3 Å². The fraction of sp³-hybridized carbons (Fsp3) is 0.529. The molecule has 0 spiro atoms. The quantitative estimate of drug-likeness (QED) is 0.903. The molecule has 1 aromatic carbocycles. The van der Waals surface area contributed by atoms with Crippen molar-refractivity contribution in [3.63, 3.8) is 0 Å². The summed E-state index contributed by atoms with van der Waals surface area (Å²) in [6, 6.07) is 9.50. The minimum absolute atomic E-state index is 0.398. The summed E-state index contributed by atoms with van der Waals surface area (Å²) < 4.78 is 8.17. The zero-order valence-electron chi connectivity index (χ0n) is 11.8. The van der Waals surface area contributed by atoms with Gasteiger partial charge in [0.05, 0.1) is 6.10 Å². The van der Waals surface area contributed by atoms with Crippen molar-refractivity contribution in [3.05, 3.63) is 36.0 Å². The van der Waals surface area contributed by atoms with Crippen LogP contribution in [0.15, 0.2) is 30.5 Å². The number of benzene rings is 1. The molecule has 2 aliphatic rings. The van der Waals surface area contributed by atoms with Gasteiger partial charge in [-0.15, -0.1) is 0 Å². The standard InChI is InChI=1S/C17H22N2O/c1-2-6-17-16(5-1)13(10-18-14-7-8-14)11-19(17)12-15-4-3-9-20-15/h1-2,5-6,11,14-15,18H,3-4,7-10,12H2. The van der Waals surface area contributed by atoms with Crippen molar-refractivity contribution in [1.29, 1.82) is 0 Å². The topological polar surface area (TPSA) is 26.2 Å². The molecule has 1 saturated carbocycles. The number of nitrogens with one attached hydrogen (secondary N) is 1. The fourth-order valence-electron chi connectivity index (χ4n) is 3.16. The van der Waals surface area contributed by atoms with Gasteiger partial charge in [0.25, 0.3) is 0 Å². The first-order valence-electron chi connectivity index (χ1n) is 7.82. The summed E-state index contributed by atoms with van der Waals surface area (Å²) in [4.78, 5) is 0. The van der Waals surface area contributed by atoms with E-state index in [1.165, 1.54) is 42.1 Å². The van der Waals surface area contributed by atoms with Gasteiger partial charge in [-0.25, -0.2) is 0 Å².